The molecule has 0 aliphatic heterocycles. The minimum Gasteiger partial charge on any atom is -0.399 e. The van der Waals surface area contributed by atoms with E-state index in [1.807, 2.05) is 12.1 Å². The molecule has 0 spiro atoms. The van der Waals surface area contributed by atoms with Crippen LogP contribution in [0.4, 0.5) is 5.69 Å². The number of nitrogen functional groups attached to an aromatic ring is 1. The average Bonchev–Trinajstić information content (AvgIpc) is 2.04. The molecule has 0 heterocycles. The highest BCUT2D eigenvalue weighted by Crippen LogP contribution is 2.08. The third-order valence-corrected chi connectivity index (χ3v) is 2.36. The number of nitrogens with two attached hydrogens (primary N) is 1. The maximum absolute atomic E-state index is 10.9. The van der Waals surface area contributed by atoms with Crippen molar-refractivity contribution in [2.24, 2.45) is 0 Å². The van der Waals surface area contributed by atoms with Crippen LogP contribution in [0, 0.1) is 0 Å². The number of anilines is 1. The second-order valence-corrected chi connectivity index (χ2v) is 3.59. The van der Waals surface area contributed by atoms with Crippen molar-refractivity contribution >= 4 is 16.8 Å². The smallest absolute Gasteiger partial charge is 0.159 e. The Kier molecular flexibility index (Phi) is 3.25. The van der Waals surface area contributed by atoms with Crippen LogP contribution in [0.1, 0.15) is 5.56 Å². The molecule has 12 heavy (non-hydrogen) atoms. The SMILES string of the molecule is CO[S@](=O)Cc1cccc(N)c1. The molecule has 0 amide bonds. The largest absolute Gasteiger partial charge is 0.399 e. The van der Waals surface area contributed by atoms with Crippen molar-refractivity contribution in [3.05, 3.63) is 29.8 Å². The van der Waals surface area contributed by atoms with Gasteiger partial charge in [0, 0.05) is 5.69 Å². The van der Waals surface area contributed by atoms with Gasteiger partial charge >= 0.3 is 0 Å². The van der Waals surface area contributed by atoms with Crippen molar-refractivity contribution in [2.45, 2.75) is 5.75 Å². The zero-order valence-corrected chi connectivity index (χ0v) is 7.64. The van der Waals surface area contributed by atoms with Crippen molar-refractivity contribution in [3.63, 3.8) is 0 Å². The van der Waals surface area contributed by atoms with Gasteiger partial charge in [0.25, 0.3) is 0 Å². The summed E-state index contributed by atoms with van der Waals surface area (Å²) in [6.07, 6.45) is 0. The molecule has 1 atom stereocenters. The van der Waals surface area contributed by atoms with E-state index in [0.717, 1.165) is 5.56 Å². The molecule has 66 valence electrons. The van der Waals surface area contributed by atoms with Crippen LogP contribution in [-0.4, -0.2) is 11.3 Å². The van der Waals surface area contributed by atoms with Crippen LogP contribution in [0.5, 0.6) is 0 Å². The fourth-order valence-electron chi connectivity index (χ4n) is 0.878. The summed E-state index contributed by atoms with van der Waals surface area (Å²) in [5, 5.41) is 0. The van der Waals surface area contributed by atoms with Crippen molar-refractivity contribution in [1.29, 1.82) is 0 Å². The fourth-order valence-corrected chi connectivity index (χ4v) is 1.45. The first-order valence-corrected chi connectivity index (χ1v) is 4.74. The third-order valence-electron chi connectivity index (χ3n) is 1.42. The lowest BCUT2D eigenvalue weighted by molar-refractivity contribution is 0.445. The van der Waals surface area contributed by atoms with Crippen LogP contribution in [0.15, 0.2) is 24.3 Å². The maximum atomic E-state index is 10.9. The molecule has 1 aromatic rings. The highest BCUT2D eigenvalue weighted by Gasteiger charge is 1.99. The topological polar surface area (TPSA) is 52.3 Å². The average molecular weight is 185 g/mol. The van der Waals surface area contributed by atoms with Gasteiger partial charge in [-0.25, -0.2) is 4.21 Å². The predicted octanol–water partition coefficient (Wildman–Crippen LogP) is 1.08. The van der Waals surface area contributed by atoms with Gasteiger partial charge in [0.2, 0.25) is 0 Å². The van der Waals surface area contributed by atoms with Crippen molar-refractivity contribution < 1.29 is 8.39 Å². The molecule has 0 unspecified atom stereocenters. The summed E-state index contributed by atoms with van der Waals surface area (Å²) in [6.45, 7) is 0. The minimum absolute atomic E-state index is 0.390. The zero-order valence-electron chi connectivity index (χ0n) is 6.82. The summed E-state index contributed by atoms with van der Waals surface area (Å²) >= 11 is -1.24. The van der Waals surface area contributed by atoms with Gasteiger partial charge < -0.3 is 5.73 Å². The molecule has 2 N–H and O–H groups in total. The maximum Gasteiger partial charge on any atom is 0.159 e. The quantitative estimate of drug-likeness (QED) is 0.717. The number of hydrogen-bond acceptors (Lipinski definition) is 3. The van der Waals surface area contributed by atoms with Crippen LogP contribution in [0.3, 0.4) is 0 Å². The molecule has 0 aromatic heterocycles. The number of hydrogen-bond donors (Lipinski definition) is 1. The van der Waals surface area contributed by atoms with Crippen LogP contribution in [0.2, 0.25) is 0 Å². The molecule has 0 aliphatic rings. The highest BCUT2D eigenvalue weighted by molar-refractivity contribution is 7.79. The van der Waals surface area contributed by atoms with Crippen molar-refractivity contribution in [3.8, 4) is 0 Å². The summed E-state index contributed by atoms with van der Waals surface area (Å²) in [4.78, 5) is 0. The Bertz CT molecular complexity index is 288. The molecule has 0 radical (unpaired) electrons. The summed E-state index contributed by atoms with van der Waals surface area (Å²) < 4.78 is 15.6. The second-order valence-electron chi connectivity index (χ2n) is 2.36. The first kappa shape index (κ1) is 9.22. The van der Waals surface area contributed by atoms with Gasteiger partial charge in [-0.2, -0.15) is 0 Å². The first-order valence-electron chi connectivity index (χ1n) is 3.49. The third kappa shape index (κ3) is 2.64. The Morgan fingerprint density at radius 2 is 2.33 bits per heavy atom. The minimum atomic E-state index is -1.24. The van der Waals surface area contributed by atoms with Gasteiger partial charge in [-0.3, -0.25) is 4.18 Å². The van der Waals surface area contributed by atoms with Gasteiger partial charge in [-0.15, -0.1) is 0 Å². The van der Waals surface area contributed by atoms with E-state index in [9.17, 15) is 4.21 Å². The fraction of sp³-hybridized carbons (Fsp3) is 0.250. The summed E-state index contributed by atoms with van der Waals surface area (Å²) in [6, 6.07) is 7.28. The Labute approximate surface area is 74.2 Å². The van der Waals surface area contributed by atoms with Crippen LogP contribution in [-0.2, 0) is 21.0 Å². The summed E-state index contributed by atoms with van der Waals surface area (Å²) in [5.41, 5.74) is 7.14. The normalized spacial score (nSPS) is 12.8. The number of benzene rings is 1. The summed E-state index contributed by atoms with van der Waals surface area (Å²) in [5.74, 6) is 0.390. The lowest BCUT2D eigenvalue weighted by Crippen LogP contribution is -1.97. The second kappa shape index (κ2) is 4.23. The molecule has 0 saturated heterocycles. The van der Waals surface area contributed by atoms with E-state index in [0.29, 0.717) is 11.4 Å². The molecule has 0 aliphatic carbocycles. The van der Waals surface area contributed by atoms with E-state index < -0.39 is 11.1 Å². The number of rotatable bonds is 3. The van der Waals surface area contributed by atoms with Gasteiger partial charge in [-0.05, 0) is 17.7 Å². The van der Waals surface area contributed by atoms with Gasteiger partial charge in [-0.1, -0.05) is 12.1 Å². The molecule has 0 saturated carbocycles. The van der Waals surface area contributed by atoms with Crippen LogP contribution < -0.4 is 5.73 Å². The van der Waals surface area contributed by atoms with E-state index >= 15 is 0 Å². The zero-order chi connectivity index (χ0) is 8.97. The lowest BCUT2D eigenvalue weighted by atomic mass is 10.2. The van der Waals surface area contributed by atoms with E-state index in [-0.39, 0.29) is 0 Å². The van der Waals surface area contributed by atoms with Gasteiger partial charge in [0.15, 0.2) is 11.1 Å². The highest BCUT2D eigenvalue weighted by atomic mass is 32.2. The Balaban J connectivity index is 2.69. The van der Waals surface area contributed by atoms with Crippen molar-refractivity contribution in [1.82, 2.24) is 0 Å². The molecule has 1 aromatic carbocycles. The first-order chi connectivity index (χ1) is 5.72. The molecule has 3 nitrogen and oxygen atoms in total. The van der Waals surface area contributed by atoms with E-state index in [4.69, 9.17) is 5.73 Å². The Morgan fingerprint density at radius 1 is 1.58 bits per heavy atom. The summed E-state index contributed by atoms with van der Waals surface area (Å²) in [7, 11) is 1.42. The molecule has 4 heteroatoms. The predicted molar refractivity (Wildman–Crippen MR) is 49.7 cm³/mol. The molecule has 1 rings (SSSR count). The van der Waals surface area contributed by atoms with E-state index in [2.05, 4.69) is 4.18 Å². The van der Waals surface area contributed by atoms with Gasteiger partial charge in [0.05, 0.1) is 12.9 Å². The van der Waals surface area contributed by atoms with Crippen LogP contribution in [0.25, 0.3) is 0 Å². The Hall–Kier alpha value is -0.870. The Morgan fingerprint density at radius 3 is 2.92 bits per heavy atom. The standard InChI is InChI=1S/C8H11NO2S/c1-11-12(10)6-7-3-2-4-8(9)5-7/h2-5H,6,9H2,1H3/t12-/m0/s1. The van der Waals surface area contributed by atoms with Crippen LogP contribution >= 0.6 is 0 Å². The molecule has 0 bridgehead atoms. The molecular formula is C8H11NO2S. The van der Waals surface area contributed by atoms with E-state index in [1.54, 1.807) is 12.1 Å². The molecule has 0 fully saturated rings. The monoisotopic (exact) mass is 185 g/mol. The lowest BCUT2D eigenvalue weighted by Gasteiger charge is -2.00. The van der Waals surface area contributed by atoms with Gasteiger partial charge in [0.1, 0.15) is 0 Å². The van der Waals surface area contributed by atoms with E-state index in [1.165, 1.54) is 7.11 Å². The van der Waals surface area contributed by atoms with Crippen molar-refractivity contribution in [2.75, 3.05) is 12.8 Å². The molecular weight excluding hydrogens is 174 g/mol.